The molecule has 0 spiro atoms. The SMILES string of the molecule is CCC(C)NC(=O)n1nc(-c2cc(NC(=O)c3ccco3)ccc2O)cc1C1CCC1. The van der Waals surface area contributed by atoms with Crippen molar-refractivity contribution < 1.29 is 19.1 Å². The van der Waals surface area contributed by atoms with Crippen molar-refractivity contribution in [2.45, 2.75) is 51.5 Å². The number of hydrogen-bond acceptors (Lipinski definition) is 5. The largest absolute Gasteiger partial charge is 0.507 e. The number of nitrogens with one attached hydrogen (secondary N) is 2. The molecule has 3 N–H and O–H groups in total. The van der Waals surface area contributed by atoms with Crippen LogP contribution >= 0.6 is 0 Å². The van der Waals surface area contributed by atoms with Crippen molar-refractivity contribution >= 4 is 17.6 Å². The van der Waals surface area contributed by atoms with Crippen LogP contribution in [0, 0.1) is 0 Å². The number of carbonyl (C=O) groups excluding carboxylic acids is 2. The van der Waals surface area contributed by atoms with Crippen LogP contribution in [0.5, 0.6) is 5.75 Å². The zero-order valence-corrected chi connectivity index (χ0v) is 17.6. The minimum atomic E-state index is -0.393. The van der Waals surface area contributed by atoms with Gasteiger partial charge in [-0.3, -0.25) is 4.79 Å². The van der Waals surface area contributed by atoms with Crippen LogP contribution in [-0.2, 0) is 0 Å². The molecule has 0 aliphatic heterocycles. The maximum absolute atomic E-state index is 12.8. The average Bonchev–Trinajstić information content (AvgIpc) is 3.38. The van der Waals surface area contributed by atoms with Gasteiger partial charge in [0.25, 0.3) is 5.91 Å². The van der Waals surface area contributed by atoms with Crippen LogP contribution in [0.2, 0.25) is 0 Å². The van der Waals surface area contributed by atoms with Crippen molar-refractivity contribution in [1.82, 2.24) is 15.1 Å². The van der Waals surface area contributed by atoms with Crippen LogP contribution in [0.4, 0.5) is 10.5 Å². The fourth-order valence-corrected chi connectivity index (χ4v) is 3.48. The number of phenolic OH excluding ortho intramolecular Hbond substituents is 1. The summed E-state index contributed by atoms with van der Waals surface area (Å²) < 4.78 is 6.53. The smallest absolute Gasteiger partial charge is 0.342 e. The van der Waals surface area contributed by atoms with Crippen LogP contribution in [0.1, 0.15) is 61.7 Å². The molecule has 1 aliphatic rings. The molecule has 162 valence electrons. The maximum Gasteiger partial charge on any atom is 0.342 e. The third-order valence-corrected chi connectivity index (χ3v) is 5.71. The molecule has 1 atom stereocenters. The fraction of sp³-hybridized carbons (Fsp3) is 0.348. The molecule has 1 fully saturated rings. The summed E-state index contributed by atoms with van der Waals surface area (Å²) in [4.78, 5) is 25.1. The van der Waals surface area contributed by atoms with Crippen LogP contribution in [0.25, 0.3) is 11.3 Å². The fourth-order valence-electron chi connectivity index (χ4n) is 3.48. The molecular weight excluding hydrogens is 396 g/mol. The lowest BCUT2D eigenvalue weighted by Gasteiger charge is -2.25. The Balaban J connectivity index is 1.65. The monoisotopic (exact) mass is 422 g/mol. The van der Waals surface area contributed by atoms with Crippen molar-refractivity contribution in [3.63, 3.8) is 0 Å². The molecule has 1 saturated carbocycles. The summed E-state index contributed by atoms with van der Waals surface area (Å²) in [5.41, 5.74) is 2.24. The zero-order chi connectivity index (χ0) is 22.0. The molecule has 2 heterocycles. The van der Waals surface area contributed by atoms with Gasteiger partial charge >= 0.3 is 6.03 Å². The predicted molar refractivity (Wildman–Crippen MR) is 116 cm³/mol. The van der Waals surface area contributed by atoms with Gasteiger partial charge in [0.2, 0.25) is 0 Å². The van der Waals surface area contributed by atoms with E-state index in [1.54, 1.807) is 24.3 Å². The number of phenols is 1. The number of furan rings is 1. The molecule has 2 amide bonds. The highest BCUT2D eigenvalue weighted by Gasteiger charge is 2.28. The number of amides is 2. The Hall–Kier alpha value is -3.55. The molecular formula is C23H26N4O4. The second-order valence-corrected chi connectivity index (χ2v) is 7.92. The predicted octanol–water partition coefficient (Wildman–Crippen LogP) is 4.72. The summed E-state index contributed by atoms with van der Waals surface area (Å²) in [5, 5.41) is 20.7. The molecule has 0 radical (unpaired) electrons. The Morgan fingerprint density at radius 1 is 1.29 bits per heavy atom. The minimum absolute atomic E-state index is 0.0168. The first kappa shape index (κ1) is 20.7. The van der Waals surface area contributed by atoms with Gasteiger partial charge in [-0.1, -0.05) is 13.3 Å². The van der Waals surface area contributed by atoms with E-state index in [4.69, 9.17) is 4.42 Å². The van der Waals surface area contributed by atoms with E-state index >= 15 is 0 Å². The van der Waals surface area contributed by atoms with Crippen molar-refractivity contribution in [2.75, 3.05) is 5.32 Å². The van der Waals surface area contributed by atoms with Gasteiger partial charge in [-0.05, 0) is 62.6 Å². The minimum Gasteiger partial charge on any atom is -0.507 e. The molecule has 2 aromatic heterocycles. The molecule has 1 unspecified atom stereocenters. The lowest BCUT2D eigenvalue weighted by molar-refractivity contribution is 0.0996. The third kappa shape index (κ3) is 4.33. The summed E-state index contributed by atoms with van der Waals surface area (Å²) in [5.74, 6) is 0.0826. The van der Waals surface area contributed by atoms with Gasteiger partial charge in [-0.2, -0.15) is 9.78 Å². The molecule has 3 aromatic rings. The first-order chi connectivity index (χ1) is 15.0. The quantitative estimate of drug-likeness (QED) is 0.498. The topological polar surface area (TPSA) is 109 Å². The first-order valence-electron chi connectivity index (χ1n) is 10.5. The van der Waals surface area contributed by atoms with Gasteiger partial charge in [-0.15, -0.1) is 0 Å². The maximum atomic E-state index is 12.8. The lowest BCUT2D eigenvalue weighted by atomic mass is 9.82. The van der Waals surface area contributed by atoms with Crippen LogP contribution in [-0.4, -0.2) is 32.9 Å². The van der Waals surface area contributed by atoms with Crippen LogP contribution < -0.4 is 10.6 Å². The van der Waals surface area contributed by atoms with Crippen LogP contribution in [0.15, 0.2) is 47.1 Å². The Kier molecular flexibility index (Phi) is 5.79. The molecule has 0 bridgehead atoms. The van der Waals surface area contributed by atoms with E-state index in [2.05, 4.69) is 15.7 Å². The molecule has 8 heteroatoms. The highest BCUT2D eigenvalue weighted by atomic mass is 16.3. The number of carbonyl (C=O) groups is 2. The van der Waals surface area contributed by atoms with E-state index in [0.717, 1.165) is 31.4 Å². The Morgan fingerprint density at radius 3 is 2.74 bits per heavy atom. The number of aromatic nitrogens is 2. The van der Waals surface area contributed by atoms with Gasteiger partial charge < -0.3 is 20.2 Å². The molecule has 31 heavy (non-hydrogen) atoms. The number of rotatable bonds is 6. The second-order valence-electron chi connectivity index (χ2n) is 7.92. The summed E-state index contributed by atoms with van der Waals surface area (Å²) in [6.07, 6.45) is 5.38. The molecule has 8 nitrogen and oxygen atoms in total. The van der Waals surface area contributed by atoms with E-state index < -0.39 is 5.91 Å². The summed E-state index contributed by atoms with van der Waals surface area (Å²) in [6, 6.07) is 9.54. The number of benzene rings is 1. The van der Waals surface area contributed by atoms with E-state index in [0.29, 0.717) is 16.9 Å². The number of anilines is 1. The highest BCUT2D eigenvalue weighted by Crippen LogP contribution is 2.39. The Labute approximate surface area is 180 Å². The molecule has 4 rings (SSSR count). The van der Waals surface area contributed by atoms with Crippen LogP contribution in [0.3, 0.4) is 0 Å². The average molecular weight is 422 g/mol. The number of nitrogens with zero attached hydrogens (tertiary/aromatic N) is 2. The van der Waals surface area contributed by atoms with Gasteiger partial charge in [0.15, 0.2) is 5.76 Å². The Morgan fingerprint density at radius 2 is 2.10 bits per heavy atom. The zero-order valence-electron chi connectivity index (χ0n) is 17.6. The van der Waals surface area contributed by atoms with Crippen molar-refractivity contribution in [2.24, 2.45) is 0 Å². The van der Waals surface area contributed by atoms with Gasteiger partial charge in [0.05, 0.1) is 17.7 Å². The molecule has 1 aromatic carbocycles. The highest BCUT2D eigenvalue weighted by molar-refractivity contribution is 6.02. The standard InChI is InChI=1S/C23H26N4O4/c1-3-14(2)24-23(30)27-19(15-6-4-7-15)13-18(26-27)17-12-16(9-10-20(17)28)25-22(29)21-8-5-11-31-21/h5,8-15,28H,3-4,6-7H2,1-2H3,(H,24,30)(H,25,29). The lowest BCUT2D eigenvalue weighted by Crippen LogP contribution is -2.37. The molecule has 1 aliphatic carbocycles. The first-order valence-corrected chi connectivity index (χ1v) is 10.5. The van der Waals surface area contributed by atoms with Crippen molar-refractivity contribution in [3.8, 4) is 17.0 Å². The number of aromatic hydroxyl groups is 1. The van der Waals surface area contributed by atoms with Crippen molar-refractivity contribution in [1.29, 1.82) is 0 Å². The number of hydrogen-bond donors (Lipinski definition) is 3. The molecule has 0 saturated heterocycles. The van der Waals surface area contributed by atoms with Gasteiger partial charge in [0, 0.05) is 23.2 Å². The summed E-state index contributed by atoms with van der Waals surface area (Å²) in [7, 11) is 0. The summed E-state index contributed by atoms with van der Waals surface area (Å²) in [6.45, 7) is 3.95. The van der Waals surface area contributed by atoms with E-state index in [1.807, 2.05) is 19.9 Å². The van der Waals surface area contributed by atoms with Crippen molar-refractivity contribution in [3.05, 3.63) is 54.1 Å². The summed E-state index contributed by atoms with van der Waals surface area (Å²) >= 11 is 0. The van der Waals surface area contributed by atoms with E-state index in [-0.39, 0.29) is 29.5 Å². The van der Waals surface area contributed by atoms with Gasteiger partial charge in [0.1, 0.15) is 5.75 Å². The second kappa shape index (κ2) is 8.67. The third-order valence-electron chi connectivity index (χ3n) is 5.71. The van der Waals surface area contributed by atoms with E-state index in [1.165, 1.54) is 17.0 Å². The normalized spacial score (nSPS) is 14.6. The van der Waals surface area contributed by atoms with E-state index in [9.17, 15) is 14.7 Å². The Bertz CT molecular complexity index is 1080. The van der Waals surface area contributed by atoms with Gasteiger partial charge in [-0.25, -0.2) is 4.79 Å².